The summed E-state index contributed by atoms with van der Waals surface area (Å²) in [5.74, 6) is 1.29. The summed E-state index contributed by atoms with van der Waals surface area (Å²) in [4.78, 5) is 4.31. The molecule has 0 amide bonds. The molecule has 1 N–H and O–H groups in total. The summed E-state index contributed by atoms with van der Waals surface area (Å²) in [5.41, 5.74) is 0. The monoisotopic (exact) mass is 227 g/mol. The van der Waals surface area contributed by atoms with Crippen molar-refractivity contribution in [1.29, 1.82) is 0 Å². The van der Waals surface area contributed by atoms with Gasteiger partial charge in [0, 0.05) is 33.2 Å². The number of ether oxygens (including phenoxy) is 2. The number of hydrogen-bond acceptors (Lipinski definition) is 6. The first kappa shape index (κ1) is 11.5. The van der Waals surface area contributed by atoms with Crippen LogP contribution in [0, 0.1) is 0 Å². The van der Waals surface area contributed by atoms with Gasteiger partial charge in [-0.15, -0.1) is 0 Å². The summed E-state index contributed by atoms with van der Waals surface area (Å²) in [5, 5.41) is 7.14. The molecule has 0 saturated carbocycles. The molecule has 2 heterocycles. The molecule has 6 heteroatoms. The van der Waals surface area contributed by atoms with Crippen LogP contribution in [0.15, 0.2) is 4.52 Å². The van der Waals surface area contributed by atoms with E-state index in [4.69, 9.17) is 14.0 Å². The van der Waals surface area contributed by atoms with Crippen molar-refractivity contribution in [2.75, 3.05) is 33.4 Å². The molecule has 1 aromatic heterocycles. The molecule has 1 atom stereocenters. The highest BCUT2D eigenvalue weighted by atomic mass is 16.5. The lowest BCUT2D eigenvalue weighted by Crippen LogP contribution is -2.33. The molecule has 0 spiro atoms. The molecule has 1 saturated heterocycles. The standard InChI is InChI=1S/C10H17N3O3/c1-14-5-2-3-9-12-10(16-13-9)8-7-11-4-6-15-8/h8,11H,2-7H2,1H3. The summed E-state index contributed by atoms with van der Waals surface area (Å²) in [6.45, 7) is 3.02. The van der Waals surface area contributed by atoms with Crippen molar-refractivity contribution in [2.24, 2.45) is 0 Å². The predicted molar refractivity (Wildman–Crippen MR) is 56.1 cm³/mol. The fourth-order valence-corrected chi connectivity index (χ4v) is 1.60. The molecule has 6 nitrogen and oxygen atoms in total. The molecule has 0 radical (unpaired) electrons. The van der Waals surface area contributed by atoms with E-state index in [1.807, 2.05) is 0 Å². The smallest absolute Gasteiger partial charge is 0.257 e. The minimum absolute atomic E-state index is 0.0996. The van der Waals surface area contributed by atoms with Gasteiger partial charge in [0.25, 0.3) is 5.89 Å². The van der Waals surface area contributed by atoms with Gasteiger partial charge in [-0.3, -0.25) is 0 Å². The van der Waals surface area contributed by atoms with Crippen LogP contribution < -0.4 is 5.32 Å². The number of aryl methyl sites for hydroxylation is 1. The third-order valence-electron chi connectivity index (χ3n) is 2.44. The molecule has 1 aromatic rings. The Bertz CT molecular complexity index is 310. The van der Waals surface area contributed by atoms with Crippen molar-refractivity contribution in [3.8, 4) is 0 Å². The second-order valence-corrected chi connectivity index (χ2v) is 3.71. The van der Waals surface area contributed by atoms with Crippen molar-refractivity contribution < 1.29 is 14.0 Å². The van der Waals surface area contributed by atoms with Crippen LogP contribution in [0.4, 0.5) is 0 Å². The molecule has 90 valence electrons. The molecular formula is C10H17N3O3. The Hall–Kier alpha value is -0.980. The Morgan fingerprint density at radius 1 is 1.56 bits per heavy atom. The Morgan fingerprint density at radius 2 is 2.50 bits per heavy atom. The Kier molecular flexibility index (Phi) is 4.26. The number of nitrogens with one attached hydrogen (secondary N) is 1. The summed E-state index contributed by atoms with van der Waals surface area (Å²) >= 11 is 0. The Labute approximate surface area is 94.3 Å². The fraction of sp³-hybridized carbons (Fsp3) is 0.800. The van der Waals surface area contributed by atoms with Gasteiger partial charge in [-0.1, -0.05) is 5.16 Å². The second kappa shape index (κ2) is 5.93. The summed E-state index contributed by atoms with van der Waals surface area (Å²) in [6.07, 6.45) is 1.58. The minimum atomic E-state index is -0.0996. The van der Waals surface area contributed by atoms with Gasteiger partial charge in [0.05, 0.1) is 6.61 Å². The fourth-order valence-electron chi connectivity index (χ4n) is 1.60. The quantitative estimate of drug-likeness (QED) is 0.730. The van der Waals surface area contributed by atoms with Gasteiger partial charge >= 0.3 is 0 Å². The van der Waals surface area contributed by atoms with Crippen LogP contribution >= 0.6 is 0 Å². The summed E-state index contributed by atoms with van der Waals surface area (Å²) < 4.78 is 15.7. The highest BCUT2D eigenvalue weighted by Gasteiger charge is 2.21. The zero-order valence-corrected chi connectivity index (χ0v) is 9.44. The van der Waals surface area contributed by atoms with Crippen LogP contribution in [0.25, 0.3) is 0 Å². The Morgan fingerprint density at radius 3 is 3.25 bits per heavy atom. The minimum Gasteiger partial charge on any atom is -0.385 e. The first-order chi connectivity index (χ1) is 7.90. The van der Waals surface area contributed by atoms with Crippen LogP contribution in [0.5, 0.6) is 0 Å². The highest BCUT2D eigenvalue weighted by Crippen LogP contribution is 2.16. The number of rotatable bonds is 5. The number of morpholine rings is 1. The number of nitrogens with zero attached hydrogens (tertiary/aromatic N) is 2. The molecule has 0 aromatic carbocycles. The lowest BCUT2D eigenvalue weighted by molar-refractivity contribution is 0.00755. The SMILES string of the molecule is COCCCc1noc(C2CNCCO2)n1. The third-order valence-corrected chi connectivity index (χ3v) is 2.44. The number of methoxy groups -OCH3 is 1. The first-order valence-corrected chi connectivity index (χ1v) is 5.54. The zero-order chi connectivity index (χ0) is 11.2. The van der Waals surface area contributed by atoms with E-state index in [1.54, 1.807) is 7.11 Å². The molecule has 1 aliphatic rings. The van der Waals surface area contributed by atoms with Crippen molar-refractivity contribution >= 4 is 0 Å². The van der Waals surface area contributed by atoms with E-state index in [0.717, 1.165) is 31.8 Å². The summed E-state index contributed by atoms with van der Waals surface area (Å²) in [6, 6.07) is 0. The van der Waals surface area contributed by atoms with Gasteiger partial charge in [0.2, 0.25) is 0 Å². The van der Waals surface area contributed by atoms with Crippen LogP contribution in [-0.4, -0.2) is 43.6 Å². The van der Waals surface area contributed by atoms with Crippen molar-refractivity contribution in [3.63, 3.8) is 0 Å². The maximum Gasteiger partial charge on any atom is 0.257 e. The molecule has 0 aliphatic carbocycles. The highest BCUT2D eigenvalue weighted by molar-refractivity contribution is 4.92. The largest absolute Gasteiger partial charge is 0.385 e. The van der Waals surface area contributed by atoms with Crippen molar-refractivity contribution in [2.45, 2.75) is 18.9 Å². The van der Waals surface area contributed by atoms with Crippen molar-refractivity contribution in [1.82, 2.24) is 15.5 Å². The zero-order valence-electron chi connectivity index (χ0n) is 9.44. The van der Waals surface area contributed by atoms with E-state index in [0.29, 0.717) is 19.1 Å². The summed E-state index contributed by atoms with van der Waals surface area (Å²) in [7, 11) is 1.68. The average Bonchev–Trinajstić information content (AvgIpc) is 2.79. The molecule has 16 heavy (non-hydrogen) atoms. The number of aromatic nitrogens is 2. The van der Waals surface area contributed by atoms with Gasteiger partial charge in [-0.2, -0.15) is 4.98 Å². The van der Waals surface area contributed by atoms with Gasteiger partial charge in [-0.05, 0) is 6.42 Å². The average molecular weight is 227 g/mol. The van der Waals surface area contributed by atoms with Gasteiger partial charge < -0.3 is 19.3 Å². The maximum absolute atomic E-state index is 5.52. The lowest BCUT2D eigenvalue weighted by Gasteiger charge is -2.19. The van der Waals surface area contributed by atoms with E-state index < -0.39 is 0 Å². The van der Waals surface area contributed by atoms with Gasteiger partial charge in [0.15, 0.2) is 5.82 Å². The topological polar surface area (TPSA) is 69.4 Å². The Balaban J connectivity index is 1.85. The second-order valence-electron chi connectivity index (χ2n) is 3.71. The normalized spacial score (nSPS) is 21.2. The van der Waals surface area contributed by atoms with E-state index in [2.05, 4.69) is 15.5 Å². The van der Waals surface area contributed by atoms with E-state index in [-0.39, 0.29) is 6.10 Å². The number of hydrogen-bond donors (Lipinski definition) is 1. The van der Waals surface area contributed by atoms with Crippen molar-refractivity contribution in [3.05, 3.63) is 11.7 Å². The molecule has 0 bridgehead atoms. The van der Waals surface area contributed by atoms with Gasteiger partial charge in [0.1, 0.15) is 6.10 Å². The first-order valence-electron chi connectivity index (χ1n) is 5.54. The molecule has 1 fully saturated rings. The predicted octanol–water partition coefficient (Wildman–Crippen LogP) is 0.309. The van der Waals surface area contributed by atoms with Gasteiger partial charge in [-0.25, -0.2) is 0 Å². The molecular weight excluding hydrogens is 210 g/mol. The van der Waals surface area contributed by atoms with E-state index >= 15 is 0 Å². The third kappa shape index (κ3) is 3.01. The van der Waals surface area contributed by atoms with Crippen LogP contribution in [-0.2, 0) is 15.9 Å². The van der Waals surface area contributed by atoms with Crippen LogP contribution in [0.2, 0.25) is 0 Å². The molecule has 1 aliphatic heterocycles. The lowest BCUT2D eigenvalue weighted by atomic mass is 10.3. The van der Waals surface area contributed by atoms with E-state index in [1.165, 1.54) is 0 Å². The van der Waals surface area contributed by atoms with E-state index in [9.17, 15) is 0 Å². The van der Waals surface area contributed by atoms with Crippen LogP contribution in [0.1, 0.15) is 24.2 Å². The maximum atomic E-state index is 5.52. The van der Waals surface area contributed by atoms with Crippen LogP contribution in [0.3, 0.4) is 0 Å². The molecule has 1 unspecified atom stereocenters. The molecule has 2 rings (SSSR count).